The van der Waals surface area contributed by atoms with Gasteiger partial charge in [-0.15, -0.1) is 0 Å². The number of nitrogens with one attached hydrogen (secondary N) is 1. The predicted molar refractivity (Wildman–Crippen MR) is 67.9 cm³/mol. The molecule has 0 aromatic heterocycles. The van der Waals surface area contributed by atoms with Crippen molar-refractivity contribution in [3.63, 3.8) is 0 Å². The quantitative estimate of drug-likeness (QED) is 0.597. The number of amidine groups is 1. The van der Waals surface area contributed by atoms with Gasteiger partial charge in [-0.25, -0.2) is 0 Å². The van der Waals surface area contributed by atoms with Crippen LogP contribution in [0.3, 0.4) is 0 Å². The molecule has 1 fully saturated rings. The van der Waals surface area contributed by atoms with Crippen molar-refractivity contribution in [3.05, 3.63) is 35.9 Å². The molecule has 1 aromatic carbocycles. The third kappa shape index (κ3) is 2.43. The van der Waals surface area contributed by atoms with Gasteiger partial charge < -0.3 is 4.90 Å². The van der Waals surface area contributed by atoms with Gasteiger partial charge in [-0.05, 0) is 18.8 Å². The zero-order valence-electron chi connectivity index (χ0n) is 9.95. The lowest BCUT2D eigenvalue weighted by molar-refractivity contribution is 0.261. The van der Waals surface area contributed by atoms with Crippen molar-refractivity contribution in [1.82, 2.24) is 4.90 Å². The molecule has 0 radical (unpaired) electrons. The van der Waals surface area contributed by atoms with Crippen molar-refractivity contribution in [2.24, 2.45) is 5.92 Å². The summed E-state index contributed by atoms with van der Waals surface area (Å²) in [6.07, 6.45) is 3.77. The number of benzene rings is 1. The van der Waals surface area contributed by atoms with Gasteiger partial charge in [0.05, 0.1) is 0 Å². The number of rotatable bonds is 2. The third-order valence-electron chi connectivity index (χ3n) is 3.56. The molecular weight excluding hydrogens is 196 g/mol. The summed E-state index contributed by atoms with van der Waals surface area (Å²) >= 11 is 0. The molecule has 16 heavy (non-hydrogen) atoms. The largest absolute Gasteiger partial charge is 0.357 e. The molecule has 1 aliphatic heterocycles. The molecule has 0 unspecified atom stereocenters. The van der Waals surface area contributed by atoms with Crippen LogP contribution in [0.2, 0.25) is 0 Å². The third-order valence-corrected chi connectivity index (χ3v) is 3.56. The van der Waals surface area contributed by atoms with Crippen molar-refractivity contribution in [2.45, 2.75) is 26.2 Å². The van der Waals surface area contributed by atoms with Crippen molar-refractivity contribution in [2.75, 3.05) is 13.1 Å². The highest BCUT2D eigenvalue weighted by Gasteiger charge is 2.20. The molecule has 1 aromatic rings. The lowest BCUT2D eigenvalue weighted by atomic mass is 9.94. The van der Waals surface area contributed by atoms with Gasteiger partial charge >= 0.3 is 0 Å². The Labute approximate surface area is 97.8 Å². The first-order valence-electron chi connectivity index (χ1n) is 6.20. The first-order valence-corrected chi connectivity index (χ1v) is 6.20. The number of hydrogen-bond donors (Lipinski definition) is 1. The van der Waals surface area contributed by atoms with Crippen LogP contribution in [0.15, 0.2) is 30.3 Å². The Balaban J connectivity index is 1.97. The van der Waals surface area contributed by atoms with Crippen LogP contribution in [-0.2, 0) is 0 Å². The van der Waals surface area contributed by atoms with Crippen LogP contribution in [0.25, 0.3) is 0 Å². The molecule has 0 spiro atoms. The molecule has 0 bridgehead atoms. The Morgan fingerprint density at radius 1 is 1.25 bits per heavy atom. The van der Waals surface area contributed by atoms with Gasteiger partial charge in [-0.1, -0.05) is 43.7 Å². The minimum Gasteiger partial charge on any atom is -0.357 e. The average Bonchev–Trinajstić information content (AvgIpc) is 2.39. The van der Waals surface area contributed by atoms with Gasteiger partial charge in [-0.3, -0.25) is 5.41 Å². The van der Waals surface area contributed by atoms with Gasteiger partial charge in [-0.2, -0.15) is 0 Å². The Morgan fingerprint density at radius 3 is 2.44 bits per heavy atom. The molecule has 0 amide bonds. The number of nitrogens with zero attached hydrogens (tertiary/aromatic N) is 1. The monoisotopic (exact) mass is 216 g/mol. The standard InChI is InChI=1S/C14H20N2/c1-2-12-8-10-16(11-9-12)14(15)13-6-4-3-5-7-13/h3-7,12,15H,2,8-11H2,1H3. The number of likely N-dealkylation sites (tertiary alicyclic amines) is 1. The summed E-state index contributed by atoms with van der Waals surface area (Å²) in [5.41, 5.74) is 1.04. The maximum absolute atomic E-state index is 8.17. The first kappa shape index (κ1) is 11.2. The van der Waals surface area contributed by atoms with Crippen LogP contribution in [0.1, 0.15) is 31.7 Å². The van der Waals surface area contributed by atoms with Crippen molar-refractivity contribution in [3.8, 4) is 0 Å². The lowest BCUT2D eigenvalue weighted by Crippen LogP contribution is -2.38. The summed E-state index contributed by atoms with van der Waals surface area (Å²) in [6.45, 7) is 4.36. The van der Waals surface area contributed by atoms with E-state index in [9.17, 15) is 0 Å². The van der Waals surface area contributed by atoms with Crippen LogP contribution in [-0.4, -0.2) is 23.8 Å². The van der Waals surface area contributed by atoms with E-state index in [1.54, 1.807) is 0 Å². The van der Waals surface area contributed by atoms with Gasteiger partial charge in [0.15, 0.2) is 0 Å². The van der Waals surface area contributed by atoms with E-state index in [-0.39, 0.29) is 0 Å². The normalized spacial score (nSPS) is 17.4. The second-order valence-electron chi connectivity index (χ2n) is 4.55. The SMILES string of the molecule is CCC1CCN(C(=N)c2ccccc2)CC1. The highest BCUT2D eigenvalue weighted by atomic mass is 15.2. The summed E-state index contributed by atoms with van der Waals surface area (Å²) in [7, 11) is 0. The smallest absolute Gasteiger partial charge is 0.128 e. The van der Waals surface area contributed by atoms with Gasteiger partial charge in [0.1, 0.15) is 5.84 Å². The minimum absolute atomic E-state index is 0.690. The lowest BCUT2D eigenvalue weighted by Gasteiger charge is -2.33. The van der Waals surface area contributed by atoms with Crippen LogP contribution >= 0.6 is 0 Å². The molecule has 1 heterocycles. The number of piperidine rings is 1. The van der Waals surface area contributed by atoms with Crippen LogP contribution in [0.4, 0.5) is 0 Å². The Hall–Kier alpha value is -1.31. The molecule has 1 N–H and O–H groups in total. The van der Waals surface area contributed by atoms with Gasteiger partial charge in [0.2, 0.25) is 0 Å². The summed E-state index contributed by atoms with van der Waals surface area (Å²) in [5, 5.41) is 8.17. The average molecular weight is 216 g/mol. The molecular formula is C14H20N2. The fraction of sp³-hybridized carbons (Fsp3) is 0.500. The van der Waals surface area contributed by atoms with Crippen LogP contribution in [0, 0.1) is 11.3 Å². The van der Waals surface area contributed by atoms with Gasteiger partial charge in [0.25, 0.3) is 0 Å². The van der Waals surface area contributed by atoms with Crippen LogP contribution in [0.5, 0.6) is 0 Å². The van der Waals surface area contributed by atoms with E-state index >= 15 is 0 Å². The van der Waals surface area contributed by atoms with E-state index in [4.69, 9.17) is 5.41 Å². The van der Waals surface area contributed by atoms with E-state index < -0.39 is 0 Å². The second-order valence-corrected chi connectivity index (χ2v) is 4.55. The maximum Gasteiger partial charge on any atom is 0.128 e. The molecule has 1 saturated heterocycles. The summed E-state index contributed by atoms with van der Waals surface area (Å²) in [6, 6.07) is 10.0. The summed E-state index contributed by atoms with van der Waals surface area (Å²) in [4.78, 5) is 2.21. The Kier molecular flexibility index (Phi) is 3.60. The van der Waals surface area contributed by atoms with E-state index in [0.29, 0.717) is 5.84 Å². The molecule has 0 atom stereocenters. The van der Waals surface area contributed by atoms with Crippen molar-refractivity contribution >= 4 is 5.84 Å². The fourth-order valence-electron chi connectivity index (χ4n) is 2.34. The summed E-state index contributed by atoms with van der Waals surface area (Å²) in [5.74, 6) is 1.56. The van der Waals surface area contributed by atoms with Crippen molar-refractivity contribution < 1.29 is 0 Å². The molecule has 2 rings (SSSR count). The maximum atomic E-state index is 8.17. The topological polar surface area (TPSA) is 27.1 Å². The Bertz CT molecular complexity index is 337. The minimum atomic E-state index is 0.690. The predicted octanol–water partition coefficient (Wildman–Crippen LogP) is 3.13. The van der Waals surface area contributed by atoms with E-state index in [0.717, 1.165) is 24.6 Å². The Morgan fingerprint density at radius 2 is 1.88 bits per heavy atom. The molecule has 1 aliphatic rings. The zero-order valence-corrected chi connectivity index (χ0v) is 9.95. The van der Waals surface area contributed by atoms with Gasteiger partial charge in [0, 0.05) is 18.7 Å². The molecule has 86 valence electrons. The first-order chi connectivity index (χ1) is 7.81. The highest BCUT2D eigenvalue weighted by molar-refractivity contribution is 5.96. The molecule has 0 aliphatic carbocycles. The molecule has 2 heteroatoms. The second kappa shape index (κ2) is 5.15. The molecule has 2 nitrogen and oxygen atoms in total. The van der Waals surface area contributed by atoms with Crippen molar-refractivity contribution in [1.29, 1.82) is 5.41 Å². The van der Waals surface area contributed by atoms with E-state index in [1.165, 1.54) is 19.3 Å². The van der Waals surface area contributed by atoms with Crippen LogP contribution < -0.4 is 0 Å². The highest BCUT2D eigenvalue weighted by Crippen LogP contribution is 2.21. The van der Waals surface area contributed by atoms with E-state index in [2.05, 4.69) is 11.8 Å². The summed E-state index contributed by atoms with van der Waals surface area (Å²) < 4.78 is 0. The zero-order chi connectivity index (χ0) is 11.4. The van der Waals surface area contributed by atoms with E-state index in [1.807, 2.05) is 30.3 Å². The number of hydrogen-bond acceptors (Lipinski definition) is 1. The fourth-order valence-corrected chi connectivity index (χ4v) is 2.34. The molecule has 0 saturated carbocycles.